The van der Waals surface area contributed by atoms with Crippen LogP contribution in [0, 0.1) is 34.0 Å². The lowest BCUT2D eigenvalue weighted by molar-refractivity contribution is 0.0972. The maximum absolute atomic E-state index is 13.4. The first-order valence-corrected chi connectivity index (χ1v) is 45.2. The number of hydrogen-bond donors (Lipinski definition) is 3. The Bertz CT molecular complexity index is 5050. The fraction of sp³-hybridized carbons (Fsp3) is 0.556. The molecule has 3 N–H and O–H groups in total. The minimum absolute atomic E-state index is 0.178. The van der Waals surface area contributed by atoms with Gasteiger partial charge >= 0.3 is 0 Å². The number of hydrogen-bond acceptors (Lipinski definition) is 24. The Morgan fingerprint density at radius 3 is 0.906 bits per heavy atom. The number of pyridine rings is 3. The van der Waals surface area contributed by atoms with Gasteiger partial charge in [-0.15, -0.1) is 15.3 Å². The molecule has 0 aromatic carbocycles. The summed E-state index contributed by atoms with van der Waals surface area (Å²) in [6.45, 7) is 25.4. The van der Waals surface area contributed by atoms with E-state index in [1.165, 1.54) is 56.7 Å². The number of ether oxygens (including phenoxy) is 3. The maximum atomic E-state index is 13.4. The number of rotatable bonds is 18. The molecule has 0 radical (unpaired) electrons. The van der Waals surface area contributed by atoms with E-state index in [0.717, 1.165) is 77.0 Å². The Morgan fingerprint density at radius 1 is 0.368 bits per heavy atom. The number of carbonyl (C=O) groups excluding carboxylic acids is 3. The van der Waals surface area contributed by atoms with Gasteiger partial charge in [-0.05, 0) is 246 Å². The molecule has 624 valence electrons. The molecule has 0 spiro atoms. The molecule has 36 heteroatoms. The summed E-state index contributed by atoms with van der Waals surface area (Å²) in [4.78, 5) is 61.1. The van der Waals surface area contributed by atoms with Gasteiger partial charge in [0, 0.05) is 111 Å². The summed E-state index contributed by atoms with van der Waals surface area (Å²) >= 11 is 0. The Balaban J connectivity index is 0.000000131. The highest BCUT2D eigenvalue weighted by atomic mass is 32.2. The molecule has 3 aliphatic carbocycles. The molecule has 18 rings (SSSR count). The van der Waals surface area contributed by atoms with Crippen LogP contribution < -0.4 is 43.1 Å². The molecule has 117 heavy (non-hydrogen) atoms. The molecule has 9 aromatic heterocycles. The lowest BCUT2D eigenvalue weighted by atomic mass is 9.94. The molecule has 3 saturated carbocycles. The summed E-state index contributed by atoms with van der Waals surface area (Å²) in [6.07, 6.45) is 29.7. The third-order valence-electron chi connectivity index (χ3n) is 24.8. The molecule has 3 amide bonds. The molecule has 9 aromatic rings. The van der Waals surface area contributed by atoms with Gasteiger partial charge in [-0.25, -0.2) is 43.2 Å². The van der Waals surface area contributed by atoms with Crippen LogP contribution in [0.25, 0.3) is 17.5 Å². The van der Waals surface area contributed by atoms with Gasteiger partial charge < -0.3 is 28.9 Å². The normalized spacial score (nSPS) is 22.7. The number of carbonyl (C=O) groups is 3. The quantitative estimate of drug-likeness (QED) is 0.0672. The van der Waals surface area contributed by atoms with Gasteiger partial charge in [-0.1, -0.05) is 20.8 Å². The van der Waals surface area contributed by atoms with Gasteiger partial charge in [-0.3, -0.25) is 28.4 Å². The van der Waals surface area contributed by atoms with Crippen LogP contribution in [-0.4, -0.2) is 173 Å². The Hall–Kier alpha value is -10.2. The highest BCUT2D eigenvalue weighted by molar-refractivity contribution is 7.90. The lowest BCUT2D eigenvalue weighted by Gasteiger charge is -2.34. The van der Waals surface area contributed by atoms with Crippen molar-refractivity contribution in [2.75, 3.05) is 54.2 Å². The van der Waals surface area contributed by atoms with Gasteiger partial charge in [0.15, 0.2) is 32.5 Å². The second-order valence-electron chi connectivity index (χ2n) is 36.1. The van der Waals surface area contributed by atoms with E-state index in [9.17, 15) is 39.6 Å². The first-order valence-electron chi connectivity index (χ1n) is 40.8. The molecule has 3 saturated heterocycles. The van der Waals surface area contributed by atoms with Crippen LogP contribution in [0.15, 0.2) is 125 Å². The van der Waals surface area contributed by atoms with Crippen molar-refractivity contribution < 1.29 is 53.8 Å². The zero-order chi connectivity index (χ0) is 82.2. The molecule has 9 aliphatic rings. The average Bonchev–Trinajstić information content (AvgIpc) is 1.66. The van der Waals surface area contributed by atoms with Crippen molar-refractivity contribution in [2.24, 2.45) is 34.0 Å². The van der Waals surface area contributed by atoms with Crippen molar-refractivity contribution in [3.63, 3.8) is 0 Å². The van der Waals surface area contributed by atoms with Gasteiger partial charge in [0.1, 0.15) is 17.5 Å². The third kappa shape index (κ3) is 18.1. The van der Waals surface area contributed by atoms with Crippen molar-refractivity contribution in [2.45, 2.75) is 229 Å². The number of nitrogens with zero attached hydrogens (tertiary/aromatic N) is 18. The Kier molecular flexibility index (Phi) is 21.3. The standard InChI is InChI=1S/3C27H35N7O4S/c3*1-26(2)17-19-7-13-32-14-9-23(30-32)39(36,37)31-25(35)20-5-6-21(28-24(20)33(26)18-19)34-15-8-22(29-34)38-16-4-10-27(3)11-12-27/h3*5-6,8-9,14-15,19H,4,7,10-13,16-18H2,1-3H3,(H,31,35). The minimum atomic E-state index is -4.14. The highest BCUT2D eigenvalue weighted by Gasteiger charge is 2.46. The number of nitrogens with one attached hydrogen (secondary N) is 3. The van der Waals surface area contributed by atoms with Crippen LogP contribution in [0.5, 0.6) is 17.6 Å². The smallest absolute Gasteiger partial charge is 0.283 e. The molecule has 6 aliphatic heterocycles. The molecular formula is C81H105N21O12S3. The summed E-state index contributed by atoms with van der Waals surface area (Å²) in [5.41, 5.74) is 1.18. The van der Waals surface area contributed by atoms with Crippen LogP contribution in [-0.2, 0) is 49.7 Å². The number of aryl methyl sites for hydroxylation is 3. The van der Waals surface area contributed by atoms with Crippen molar-refractivity contribution >= 4 is 65.2 Å². The average molecular weight is 1660 g/mol. The summed E-state index contributed by atoms with van der Waals surface area (Å²) in [5, 5.41) is 25.7. The van der Waals surface area contributed by atoms with E-state index in [2.05, 4.69) is 122 Å². The van der Waals surface area contributed by atoms with Crippen LogP contribution in [0.3, 0.4) is 0 Å². The summed E-state index contributed by atoms with van der Waals surface area (Å²) in [7, 11) is -12.4. The predicted molar refractivity (Wildman–Crippen MR) is 433 cm³/mol. The van der Waals surface area contributed by atoms with E-state index < -0.39 is 47.8 Å². The molecule has 3 atom stereocenters. The number of anilines is 3. The zero-order valence-electron chi connectivity index (χ0n) is 67.9. The van der Waals surface area contributed by atoms with E-state index in [4.69, 9.17) is 29.2 Å². The monoisotopic (exact) mass is 1660 g/mol. The Morgan fingerprint density at radius 2 is 0.641 bits per heavy atom. The van der Waals surface area contributed by atoms with E-state index in [1.54, 1.807) is 120 Å². The summed E-state index contributed by atoms with van der Waals surface area (Å²) < 4.78 is 111. The molecular weight excluding hydrogens is 1560 g/mol. The zero-order valence-corrected chi connectivity index (χ0v) is 70.3. The highest BCUT2D eigenvalue weighted by Crippen LogP contribution is 2.51. The fourth-order valence-electron chi connectivity index (χ4n) is 17.1. The van der Waals surface area contributed by atoms with Crippen LogP contribution >= 0.6 is 0 Å². The van der Waals surface area contributed by atoms with Crippen LogP contribution in [0.4, 0.5) is 17.5 Å². The second kappa shape index (κ2) is 30.9. The second-order valence-corrected chi connectivity index (χ2v) is 41.0. The summed E-state index contributed by atoms with van der Waals surface area (Å²) in [5.74, 6) is 3.17. The molecule has 6 fully saturated rings. The van der Waals surface area contributed by atoms with E-state index >= 15 is 0 Å². The SMILES string of the molecule is CC1(CCCOc2ccn(-c3ccc4c(n3)N3CC(CCn5ccc(n5)S(=O)(=O)NC4=O)CC3(C)C)n2)CC1.CC1(CCCOc2ccn(-c3ccc4c(n3)N3CC(CCn5ccc(n5)S(=O)(=O)NC4=O)CC3(C)C)n2)CC1.CC1(CCCOc2ccn(-c3ccc4c(n3)N3CC(CCn5ccc(n5)S(=O)(=O)NC4=O)CC3(C)C)n2)CC1. The van der Waals surface area contributed by atoms with Crippen molar-refractivity contribution in [1.82, 2.24) is 87.8 Å². The van der Waals surface area contributed by atoms with Gasteiger partial charge in [0.2, 0.25) is 17.6 Å². The van der Waals surface area contributed by atoms with Gasteiger partial charge in [0.25, 0.3) is 47.8 Å². The van der Waals surface area contributed by atoms with E-state index in [1.807, 2.05) is 0 Å². The molecule has 12 bridgehead atoms. The third-order valence-corrected chi connectivity index (χ3v) is 28.5. The largest absolute Gasteiger partial charge is 0.477 e. The number of sulfonamides is 3. The van der Waals surface area contributed by atoms with Gasteiger partial charge in [0.05, 0.1) is 36.5 Å². The van der Waals surface area contributed by atoms with Crippen molar-refractivity contribution in [3.8, 4) is 35.1 Å². The predicted octanol–water partition coefficient (Wildman–Crippen LogP) is 10.7. The fourth-order valence-corrected chi connectivity index (χ4v) is 19.9. The number of amides is 3. The van der Waals surface area contributed by atoms with Gasteiger partial charge in [-0.2, -0.15) is 40.5 Å². The first kappa shape index (κ1) is 80.6. The van der Waals surface area contributed by atoms with Crippen molar-refractivity contribution in [3.05, 3.63) is 127 Å². The molecule has 3 unspecified atom stereocenters. The van der Waals surface area contributed by atoms with Crippen LogP contribution in [0.2, 0.25) is 0 Å². The molecule has 33 nitrogen and oxygen atoms in total. The summed E-state index contributed by atoms with van der Waals surface area (Å²) in [6, 6.07) is 19.5. The minimum Gasteiger partial charge on any atom is -0.477 e. The number of fused-ring (bicyclic) bond motifs is 18. The Labute approximate surface area is 682 Å². The van der Waals surface area contributed by atoms with Crippen LogP contribution in [0.1, 0.15) is 209 Å². The topological polar surface area (TPSA) is 373 Å². The number of aromatic nitrogens is 15. The first-order chi connectivity index (χ1) is 55.5. The van der Waals surface area contributed by atoms with E-state index in [0.29, 0.717) is 146 Å². The maximum Gasteiger partial charge on any atom is 0.283 e. The van der Waals surface area contributed by atoms with Crippen molar-refractivity contribution in [1.29, 1.82) is 0 Å². The molecule has 15 heterocycles. The van der Waals surface area contributed by atoms with E-state index in [-0.39, 0.29) is 48.4 Å². The lowest BCUT2D eigenvalue weighted by Crippen LogP contribution is -2.41.